The van der Waals surface area contributed by atoms with Crippen LogP contribution in [0.5, 0.6) is 0 Å². The molecule has 2 heterocycles. The Morgan fingerprint density at radius 2 is 1.87 bits per heavy atom. The molecule has 2 aromatic carbocycles. The Morgan fingerprint density at radius 1 is 1.10 bits per heavy atom. The van der Waals surface area contributed by atoms with E-state index in [1.165, 1.54) is 5.56 Å². The molecule has 0 bridgehead atoms. The molecule has 1 amide bonds. The summed E-state index contributed by atoms with van der Waals surface area (Å²) in [5, 5.41) is 0.739. The van der Waals surface area contributed by atoms with E-state index in [9.17, 15) is 4.79 Å². The minimum atomic E-state index is 0.133. The molecule has 1 aliphatic heterocycles. The van der Waals surface area contributed by atoms with Crippen LogP contribution in [-0.2, 0) is 17.8 Å². The fraction of sp³-hybridized carbons (Fsp3) is 0.333. The van der Waals surface area contributed by atoms with Gasteiger partial charge in [-0.25, -0.2) is 4.98 Å². The largest absolute Gasteiger partial charge is 0.368 e. The molecule has 156 valence electrons. The maximum absolute atomic E-state index is 13.1. The number of hydrogen-bond acceptors (Lipinski definition) is 3. The van der Waals surface area contributed by atoms with Crippen molar-refractivity contribution in [1.82, 2.24) is 14.5 Å². The number of hydrogen-bond donors (Lipinski definition) is 0. The van der Waals surface area contributed by atoms with Crippen molar-refractivity contribution in [2.24, 2.45) is 0 Å². The number of piperazine rings is 1. The molecule has 0 aliphatic carbocycles. The van der Waals surface area contributed by atoms with Gasteiger partial charge in [0.1, 0.15) is 5.82 Å². The molecule has 1 unspecified atom stereocenters. The summed E-state index contributed by atoms with van der Waals surface area (Å²) in [5.41, 5.74) is 2.40. The van der Waals surface area contributed by atoms with Crippen LogP contribution in [0.3, 0.4) is 0 Å². The molecule has 3 aromatic rings. The number of nitrogens with zero attached hydrogens (tertiary/aromatic N) is 4. The molecule has 5 nitrogen and oxygen atoms in total. The second-order valence-corrected chi connectivity index (χ2v) is 8.21. The normalized spacial score (nSPS) is 16.7. The third-order valence-corrected chi connectivity index (χ3v) is 6.05. The van der Waals surface area contributed by atoms with Crippen LogP contribution < -0.4 is 4.90 Å². The average molecular weight is 423 g/mol. The average Bonchev–Trinajstić information content (AvgIpc) is 3.18. The number of aryl methyl sites for hydroxylation is 2. The Balaban J connectivity index is 1.48. The van der Waals surface area contributed by atoms with E-state index < -0.39 is 0 Å². The standard InChI is InChI=1S/C24H27ClN4O/c1-19-26-12-14-27(19)13-11-24(30)29-16-15-28(22-9-7-21(25)8-10-22)18-23(29)17-20-5-3-2-4-6-20/h2-10,12,14,23H,11,13,15-18H2,1H3. The second-order valence-electron chi connectivity index (χ2n) is 7.77. The summed E-state index contributed by atoms with van der Waals surface area (Å²) in [5.74, 6) is 1.15. The lowest BCUT2D eigenvalue weighted by molar-refractivity contribution is -0.134. The summed E-state index contributed by atoms with van der Waals surface area (Å²) in [4.78, 5) is 21.8. The Hall–Kier alpha value is -2.79. The number of benzene rings is 2. The Bertz CT molecular complexity index is 970. The number of carbonyl (C=O) groups excluding carboxylic acids is 1. The van der Waals surface area contributed by atoms with E-state index in [0.717, 1.165) is 42.6 Å². The van der Waals surface area contributed by atoms with Gasteiger partial charge in [0.05, 0.1) is 6.04 Å². The summed E-state index contributed by atoms with van der Waals surface area (Å²) < 4.78 is 2.04. The molecule has 0 N–H and O–H groups in total. The van der Waals surface area contributed by atoms with Crippen LogP contribution in [0.15, 0.2) is 67.0 Å². The molecule has 1 saturated heterocycles. The molecule has 0 radical (unpaired) electrons. The summed E-state index contributed by atoms with van der Waals surface area (Å²) in [6.07, 6.45) is 5.05. The van der Waals surface area contributed by atoms with E-state index in [1.54, 1.807) is 6.20 Å². The Labute approximate surface area is 182 Å². The first kappa shape index (κ1) is 20.5. The third kappa shape index (κ3) is 4.85. The van der Waals surface area contributed by atoms with Gasteiger partial charge in [-0.3, -0.25) is 4.79 Å². The van der Waals surface area contributed by atoms with E-state index >= 15 is 0 Å². The predicted octanol–water partition coefficient (Wildman–Crippen LogP) is 4.20. The predicted molar refractivity (Wildman–Crippen MR) is 121 cm³/mol. The fourth-order valence-corrected chi connectivity index (χ4v) is 4.26. The van der Waals surface area contributed by atoms with Gasteiger partial charge in [-0.15, -0.1) is 0 Å². The highest BCUT2D eigenvalue weighted by atomic mass is 35.5. The maximum Gasteiger partial charge on any atom is 0.224 e. The first-order chi connectivity index (χ1) is 14.6. The molecule has 0 spiro atoms. The summed E-state index contributed by atoms with van der Waals surface area (Å²) >= 11 is 6.06. The Kier molecular flexibility index (Phi) is 6.38. The van der Waals surface area contributed by atoms with Crippen LogP contribution in [0.25, 0.3) is 0 Å². The number of aromatic nitrogens is 2. The lowest BCUT2D eigenvalue weighted by Crippen LogP contribution is -2.56. The van der Waals surface area contributed by atoms with Gasteiger partial charge >= 0.3 is 0 Å². The van der Waals surface area contributed by atoms with E-state index in [1.807, 2.05) is 35.9 Å². The minimum absolute atomic E-state index is 0.133. The summed E-state index contributed by atoms with van der Waals surface area (Å²) in [7, 11) is 0. The monoisotopic (exact) mass is 422 g/mol. The molecule has 1 aliphatic rings. The van der Waals surface area contributed by atoms with Gasteiger partial charge in [0, 0.05) is 55.7 Å². The van der Waals surface area contributed by atoms with Crippen LogP contribution >= 0.6 is 11.6 Å². The lowest BCUT2D eigenvalue weighted by Gasteiger charge is -2.43. The molecule has 6 heteroatoms. The van der Waals surface area contributed by atoms with Gasteiger partial charge in [-0.1, -0.05) is 41.9 Å². The first-order valence-corrected chi connectivity index (χ1v) is 10.8. The van der Waals surface area contributed by atoms with Gasteiger partial charge in [-0.2, -0.15) is 0 Å². The van der Waals surface area contributed by atoms with Crippen molar-refractivity contribution in [2.45, 2.75) is 32.4 Å². The molecule has 1 aromatic heterocycles. The molecular formula is C24H27ClN4O. The number of amides is 1. The molecule has 30 heavy (non-hydrogen) atoms. The molecule has 1 atom stereocenters. The molecule has 1 fully saturated rings. The van der Waals surface area contributed by atoms with Crippen LogP contribution in [-0.4, -0.2) is 46.0 Å². The van der Waals surface area contributed by atoms with Crippen molar-refractivity contribution in [2.75, 3.05) is 24.5 Å². The SMILES string of the molecule is Cc1nccn1CCC(=O)N1CCN(c2ccc(Cl)cc2)CC1Cc1ccccc1. The lowest BCUT2D eigenvalue weighted by atomic mass is 10.0. The van der Waals surface area contributed by atoms with E-state index in [2.05, 4.69) is 51.2 Å². The van der Waals surface area contributed by atoms with Crippen molar-refractivity contribution >= 4 is 23.2 Å². The van der Waals surface area contributed by atoms with E-state index in [4.69, 9.17) is 11.6 Å². The molecular weight excluding hydrogens is 396 g/mol. The number of rotatable bonds is 6. The molecule has 4 rings (SSSR count). The Morgan fingerprint density at radius 3 is 2.57 bits per heavy atom. The quantitative estimate of drug-likeness (QED) is 0.598. The van der Waals surface area contributed by atoms with E-state index in [-0.39, 0.29) is 11.9 Å². The van der Waals surface area contributed by atoms with Crippen molar-refractivity contribution in [3.63, 3.8) is 0 Å². The number of carbonyl (C=O) groups is 1. The van der Waals surface area contributed by atoms with Gasteiger partial charge < -0.3 is 14.4 Å². The summed E-state index contributed by atoms with van der Waals surface area (Å²) in [6, 6.07) is 18.5. The highest BCUT2D eigenvalue weighted by Gasteiger charge is 2.30. The van der Waals surface area contributed by atoms with Gasteiger partial charge in [-0.05, 0) is 43.2 Å². The highest BCUT2D eigenvalue weighted by molar-refractivity contribution is 6.30. The van der Waals surface area contributed by atoms with E-state index in [0.29, 0.717) is 13.0 Å². The van der Waals surface area contributed by atoms with Crippen LogP contribution in [0, 0.1) is 6.92 Å². The smallest absolute Gasteiger partial charge is 0.224 e. The van der Waals surface area contributed by atoms with Gasteiger partial charge in [0.25, 0.3) is 0 Å². The zero-order valence-electron chi connectivity index (χ0n) is 17.2. The van der Waals surface area contributed by atoms with Crippen molar-refractivity contribution in [1.29, 1.82) is 0 Å². The number of anilines is 1. The first-order valence-electron chi connectivity index (χ1n) is 10.4. The van der Waals surface area contributed by atoms with Crippen molar-refractivity contribution < 1.29 is 4.79 Å². The zero-order chi connectivity index (χ0) is 20.9. The highest BCUT2D eigenvalue weighted by Crippen LogP contribution is 2.23. The van der Waals surface area contributed by atoms with Gasteiger partial charge in [0.15, 0.2) is 0 Å². The third-order valence-electron chi connectivity index (χ3n) is 5.80. The van der Waals surface area contributed by atoms with Gasteiger partial charge in [0.2, 0.25) is 5.91 Å². The number of halogens is 1. The van der Waals surface area contributed by atoms with Crippen LogP contribution in [0.4, 0.5) is 5.69 Å². The van der Waals surface area contributed by atoms with Crippen molar-refractivity contribution in [3.8, 4) is 0 Å². The zero-order valence-corrected chi connectivity index (χ0v) is 18.0. The fourth-order valence-electron chi connectivity index (χ4n) is 4.13. The topological polar surface area (TPSA) is 41.4 Å². The molecule has 0 saturated carbocycles. The minimum Gasteiger partial charge on any atom is -0.368 e. The van der Waals surface area contributed by atoms with Crippen molar-refractivity contribution in [3.05, 3.63) is 83.4 Å². The van der Waals surface area contributed by atoms with Crippen LogP contribution in [0.1, 0.15) is 17.8 Å². The number of imidazole rings is 1. The second kappa shape index (κ2) is 9.35. The van der Waals surface area contributed by atoms with Crippen LogP contribution in [0.2, 0.25) is 5.02 Å². The summed E-state index contributed by atoms with van der Waals surface area (Å²) in [6.45, 7) is 4.99. The maximum atomic E-state index is 13.1.